The van der Waals surface area contributed by atoms with E-state index in [0.29, 0.717) is 13.2 Å². The van der Waals surface area contributed by atoms with Gasteiger partial charge in [0, 0.05) is 6.08 Å². The molecule has 4 nitrogen and oxygen atoms in total. The first kappa shape index (κ1) is 15.7. The third-order valence-corrected chi connectivity index (χ3v) is 3.30. The molecule has 1 aromatic carbocycles. The Bertz CT molecular complexity index is 518. The number of ether oxygens (including phenoxy) is 3. The molecular weight excluding hydrogens is 268 g/mol. The average molecular weight is 290 g/mol. The van der Waals surface area contributed by atoms with Gasteiger partial charge in [-0.25, -0.2) is 4.79 Å². The van der Waals surface area contributed by atoms with Gasteiger partial charge in [-0.05, 0) is 38.0 Å². The van der Waals surface area contributed by atoms with E-state index in [1.165, 1.54) is 6.08 Å². The van der Waals surface area contributed by atoms with Gasteiger partial charge in [0.15, 0.2) is 0 Å². The van der Waals surface area contributed by atoms with Crippen molar-refractivity contribution >= 4 is 12.0 Å². The molecule has 0 bridgehead atoms. The van der Waals surface area contributed by atoms with E-state index in [0.717, 1.165) is 23.3 Å². The zero-order chi connectivity index (χ0) is 15.2. The highest BCUT2D eigenvalue weighted by atomic mass is 16.6. The molecule has 0 spiro atoms. The van der Waals surface area contributed by atoms with Crippen molar-refractivity contribution in [1.82, 2.24) is 0 Å². The molecule has 1 fully saturated rings. The van der Waals surface area contributed by atoms with Gasteiger partial charge in [-0.3, -0.25) is 0 Å². The maximum atomic E-state index is 11.4. The Hall–Kier alpha value is -1.65. The lowest BCUT2D eigenvalue weighted by atomic mass is 10.00. The lowest BCUT2D eigenvalue weighted by Gasteiger charge is -2.16. The van der Waals surface area contributed by atoms with Crippen LogP contribution in [-0.2, 0) is 19.0 Å². The number of rotatable bonds is 7. The molecule has 0 N–H and O–H groups in total. The van der Waals surface area contributed by atoms with Gasteiger partial charge in [0.25, 0.3) is 0 Å². The molecule has 0 aliphatic carbocycles. The highest BCUT2D eigenvalue weighted by Gasteiger charge is 2.24. The fraction of sp³-hybridized carbons (Fsp3) is 0.471. The van der Waals surface area contributed by atoms with Crippen LogP contribution in [0.2, 0.25) is 0 Å². The van der Waals surface area contributed by atoms with Crippen molar-refractivity contribution in [2.75, 3.05) is 19.8 Å². The van der Waals surface area contributed by atoms with Crippen molar-refractivity contribution in [2.24, 2.45) is 0 Å². The van der Waals surface area contributed by atoms with Crippen molar-refractivity contribution in [1.29, 1.82) is 0 Å². The number of carbonyl (C=O) groups excluding carboxylic acids is 1. The zero-order valence-electron chi connectivity index (χ0n) is 12.8. The van der Waals surface area contributed by atoms with Crippen LogP contribution in [-0.4, -0.2) is 31.9 Å². The number of benzene rings is 1. The summed E-state index contributed by atoms with van der Waals surface area (Å²) in [6.45, 7) is 7.60. The Morgan fingerprint density at radius 3 is 2.95 bits per heavy atom. The molecule has 21 heavy (non-hydrogen) atoms. The van der Waals surface area contributed by atoms with Crippen molar-refractivity contribution in [2.45, 2.75) is 33.0 Å². The van der Waals surface area contributed by atoms with Crippen molar-refractivity contribution in [3.8, 4) is 0 Å². The van der Waals surface area contributed by atoms with E-state index in [9.17, 15) is 4.79 Å². The van der Waals surface area contributed by atoms with Gasteiger partial charge in [0.2, 0.25) is 0 Å². The van der Waals surface area contributed by atoms with E-state index < -0.39 is 0 Å². The average Bonchev–Trinajstić information content (AvgIpc) is 3.27. The third kappa shape index (κ3) is 4.99. The highest BCUT2D eigenvalue weighted by Crippen LogP contribution is 2.25. The fourth-order valence-corrected chi connectivity index (χ4v) is 2.06. The Morgan fingerprint density at radius 2 is 2.29 bits per heavy atom. The second-order valence-electron chi connectivity index (χ2n) is 5.15. The first-order valence-electron chi connectivity index (χ1n) is 7.28. The molecule has 1 saturated heterocycles. The van der Waals surface area contributed by atoms with Gasteiger partial charge in [0.05, 0.1) is 25.9 Å². The first-order chi connectivity index (χ1) is 10.1. The van der Waals surface area contributed by atoms with Crippen LogP contribution in [0.15, 0.2) is 24.3 Å². The number of esters is 1. The summed E-state index contributed by atoms with van der Waals surface area (Å²) in [5.41, 5.74) is 3.18. The Balaban J connectivity index is 2.09. The molecule has 2 rings (SSSR count). The first-order valence-corrected chi connectivity index (χ1v) is 7.28. The molecule has 1 aliphatic rings. The van der Waals surface area contributed by atoms with Gasteiger partial charge in [-0.2, -0.15) is 0 Å². The lowest BCUT2D eigenvalue weighted by Crippen LogP contribution is -2.07. The summed E-state index contributed by atoms with van der Waals surface area (Å²) in [7, 11) is 0. The molecule has 0 radical (unpaired) electrons. The van der Waals surface area contributed by atoms with Crippen LogP contribution in [0, 0.1) is 6.92 Å². The SMILES string of the molecule is CCOC(=O)C=Cc1cc(C)ccc1[C@@H](C)OC[C@H]1CO1. The quantitative estimate of drug-likeness (QED) is 0.440. The van der Waals surface area contributed by atoms with Crippen LogP contribution in [0.5, 0.6) is 0 Å². The maximum absolute atomic E-state index is 11.4. The standard InChI is InChI=1S/C17H22O4/c1-4-19-17(18)8-6-14-9-12(2)5-7-16(14)13(3)20-10-15-11-21-15/h5-9,13,15H,4,10-11H2,1-3H3/t13-,15+/m1/s1. The van der Waals surface area contributed by atoms with Crippen molar-refractivity contribution in [3.63, 3.8) is 0 Å². The van der Waals surface area contributed by atoms with Gasteiger partial charge < -0.3 is 14.2 Å². The van der Waals surface area contributed by atoms with E-state index in [1.807, 2.05) is 32.0 Å². The molecule has 2 atom stereocenters. The van der Waals surface area contributed by atoms with Crippen molar-refractivity contribution in [3.05, 3.63) is 41.0 Å². The molecular formula is C17H22O4. The van der Waals surface area contributed by atoms with Crippen LogP contribution in [0.4, 0.5) is 0 Å². The Labute approximate surface area is 125 Å². The highest BCUT2D eigenvalue weighted by molar-refractivity contribution is 5.87. The molecule has 0 aromatic heterocycles. The predicted molar refractivity (Wildman–Crippen MR) is 81.0 cm³/mol. The summed E-state index contributed by atoms with van der Waals surface area (Å²) < 4.78 is 15.9. The van der Waals surface area contributed by atoms with E-state index >= 15 is 0 Å². The Kier molecular flexibility index (Phi) is 5.53. The number of hydrogen-bond donors (Lipinski definition) is 0. The van der Waals surface area contributed by atoms with E-state index in [1.54, 1.807) is 13.0 Å². The van der Waals surface area contributed by atoms with E-state index in [4.69, 9.17) is 14.2 Å². The van der Waals surface area contributed by atoms with Crippen LogP contribution in [0.3, 0.4) is 0 Å². The summed E-state index contributed by atoms with van der Waals surface area (Å²) in [5.74, 6) is -0.329. The molecule has 114 valence electrons. The van der Waals surface area contributed by atoms with E-state index in [2.05, 4.69) is 0 Å². The zero-order valence-corrected chi connectivity index (χ0v) is 12.8. The van der Waals surface area contributed by atoms with Gasteiger partial charge in [-0.1, -0.05) is 23.8 Å². The second-order valence-corrected chi connectivity index (χ2v) is 5.15. The number of epoxide rings is 1. The largest absolute Gasteiger partial charge is 0.463 e. The molecule has 0 saturated carbocycles. The van der Waals surface area contributed by atoms with Gasteiger partial charge >= 0.3 is 5.97 Å². The Morgan fingerprint density at radius 1 is 1.52 bits per heavy atom. The van der Waals surface area contributed by atoms with Crippen LogP contribution >= 0.6 is 0 Å². The minimum absolute atomic E-state index is 0.0448. The second kappa shape index (κ2) is 7.38. The fourth-order valence-electron chi connectivity index (χ4n) is 2.06. The van der Waals surface area contributed by atoms with Crippen molar-refractivity contribution < 1.29 is 19.0 Å². The topological polar surface area (TPSA) is 48.1 Å². The molecule has 1 heterocycles. The summed E-state index contributed by atoms with van der Waals surface area (Å²) >= 11 is 0. The van der Waals surface area contributed by atoms with E-state index in [-0.39, 0.29) is 18.2 Å². The molecule has 0 amide bonds. The number of aryl methyl sites for hydroxylation is 1. The summed E-state index contributed by atoms with van der Waals surface area (Å²) in [6, 6.07) is 6.13. The maximum Gasteiger partial charge on any atom is 0.330 e. The normalized spacial score (nSPS) is 18.7. The minimum atomic E-state index is -0.329. The van der Waals surface area contributed by atoms with Crippen LogP contribution in [0.25, 0.3) is 6.08 Å². The third-order valence-electron chi connectivity index (χ3n) is 3.30. The number of hydrogen-bond acceptors (Lipinski definition) is 4. The summed E-state index contributed by atoms with van der Waals surface area (Å²) in [6.07, 6.45) is 3.44. The molecule has 1 aromatic rings. The monoisotopic (exact) mass is 290 g/mol. The van der Waals surface area contributed by atoms with Gasteiger partial charge in [0.1, 0.15) is 6.10 Å². The molecule has 1 aliphatic heterocycles. The smallest absolute Gasteiger partial charge is 0.330 e. The number of carbonyl (C=O) groups is 1. The van der Waals surface area contributed by atoms with Gasteiger partial charge in [-0.15, -0.1) is 0 Å². The molecule has 0 unspecified atom stereocenters. The predicted octanol–water partition coefficient (Wildman–Crippen LogP) is 3.05. The lowest BCUT2D eigenvalue weighted by molar-refractivity contribution is -0.137. The minimum Gasteiger partial charge on any atom is -0.463 e. The van der Waals surface area contributed by atoms with Crippen LogP contribution in [0.1, 0.15) is 36.6 Å². The summed E-state index contributed by atoms with van der Waals surface area (Å²) in [4.78, 5) is 11.4. The van der Waals surface area contributed by atoms with Crippen LogP contribution < -0.4 is 0 Å². The molecule has 4 heteroatoms. The summed E-state index contributed by atoms with van der Waals surface area (Å²) in [5, 5.41) is 0.